The molecule has 0 unspecified atom stereocenters. The Morgan fingerprint density at radius 1 is 1.30 bits per heavy atom. The molecule has 0 saturated heterocycles. The molecule has 0 heterocycles. The largest absolute Gasteiger partial charge is 0.462 e. The molecule has 0 bridgehead atoms. The summed E-state index contributed by atoms with van der Waals surface area (Å²) in [5, 5.41) is 0. The van der Waals surface area contributed by atoms with Crippen molar-refractivity contribution in [2.24, 2.45) is 0 Å². The molecule has 5 heteroatoms. The third-order valence-corrected chi connectivity index (χ3v) is 6.26. The van der Waals surface area contributed by atoms with E-state index in [0.29, 0.717) is 12.2 Å². The number of hydrogen-bond acceptors (Lipinski definition) is 4. The second kappa shape index (κ2) is 7.99. The van der Waals surface area contributed by atoms with Crippen LogP contribution in [-0.4, -0.2) is 35.4 Å². The predicted molar refractivity (Wildman–Crippen MR) is 81.9 cm³/mol. The summed E-state index contributed by atoms with van der Waals surface area (Å²) < 4.78 is 16.0. The van der Waals surface area contributed by atoms with E-state index in [2.05, 4.69) is 6.58 Å². The van der Waals surface area contributed by atoms with Crippen LogP contribution < -0.4 is 0 Å². The lowest BCUT2D eigenvalue weighted by atomic mass is 10.1. The van der Waals surface area contributed by atoms with Gasteiger partial charge in [0, 0.05) is 14.2 Å². The van der Waals surface area contributed by atoms with Gasteiger partial charge in [-0.05, 0) is 30.6 Å². The molecule has 0 aliphatic rings. The number of carbonyl (C=O) groups excluding carboxylic acids is 1. The van der Waals surface area contributed by atoms with Crippen LogP contribution in [0.25, 0.3) is 6.08 Å². The molecule has 0 N–H and O–H groups in total. The first-order valence-corrected chi connectivity index (χ1v) is 9.07. The fourth-order valence-electron chi connectivity index (χ4n) is 1.78. The van der Waals surface area contributed by atoms with E-state index in [1.165, 1.54) is 0 Å². The van der Waals surface area contributed by atoms with Crippen LogP contribution in [0, 0.1) is 0 Å². The quantitative estimate of drug-likeness (QED) is 0.419. The summed E-state index contributed by atoms with van der Waals surface area (Å²) in [4.78, 5) is 12.0. The lowest BCUT2D eigenvalue weighted by Crippen LogP contribution is -2.36. The molecule has 0 spiro atoms. The summed E-state index contributed by atoms with van der Waals surface area (Å²) in [6.07, 6.45) is 2.38. The first kappa shape index (κ1) is 16.6. The second-order valence-corrected chi connectivity index (χ2v) is 8.16. The Labute approximate surface area is 121 Å². The Hall–Kier alpha value is -1.43. The van der Waals surface area contributed by atoms with Crippen LogP contribution in [0.15, 0.2) is 30.8 Å². The molecule has 0 radical (unpaired) electrons. The van der Waals surface area contributed by atoms with Gasteiger partial charge in [0.1, 0.15) is 0 Å². The standard InChI is InChI=1S/C15H22O4Si/c1-5-13-9-6-7-10-14(13)15(16)19-11-8-12-20(4,17-2)18-3/h5-7,9-10H,1,8,11-12H2,2-4H3. The molecule has 20 heavy (non-hydrogen) atoms. The van der Waals surface area contributed by atoms with E-state index < -0.39 is 8.56 Å². The van der Waals surface area contributed by atoms with Gasteiger partial charge >= 0.3 is 14.5 Å². The minimum atomic E-state index is -2.07. The summed E-state index contributed by atoms with van der Waals surface area (Å²) in [5.74, 6) is -0.321. The molecule has 1 aromatic rings. The Morgan fingerprint density at radius 2 is 1.95 bits per heavy atom. The number of rotatable bonds is 8. The molecule has 1 rings (SSSR count). The fourth-order valence-corrected chi connectivity index (χ4v) is 3.15. The van der Waals surface area contributed by atoms with Crippen LogP contribution >= 0.6 is 0 Å². The molecular weight excluding hydrogens is 272 g/mol. The van der Waals surface area contributed by atoms with E-state index in [9.17, 15) is 4.79 Å². The van der Waals surface area contributed by atoms with Gasteiger partial charge in [0.2, 0.25) is 0 Å². The van der Waals surface area contributed by atoms with Crippen molar-refractivity contribution in [3.8, 4) is 0 Å². The second-order valence-electron chi connectivity index (χ2n) is 4.57. The van der Waals surface area contributed by atoms with Crippen LogP contribution in [-0.2, 0) is 13.6 Å². The average Bonchev–Trinajstić information content (AvgIpc) is 2.51. The molecule has 0 aliphatic heterocycles. The monoisotopic (exact) mass is 294 g/mol. The van der Waals surface area contributed by atoms with Crippen LogP contribution in [0.1, 0.15) is 22.3 Å². The number of hydrogen-bond donors (Lipinski definition) is 0. The molecule has 110 valence electrons. The normalized spacial score (nSPS) is 11.2. The SMILES string of the molecule is C=Cc1ccccc1C(=O)OCCC[Si](C)(OC)OC. The van der Waals surface area contributed by atoms with Crippen molar-refractivity contribution < 1.29 is 18.4 Å². The Morgan fingerprint density at radius 3 is 2.55 bits per heavy atom. The van der Waals surface area contributed by atoms with E-state index >= 15 is 0 Å². The molecule has 0 amide bonds. The van der Waals surface area contributed by atoms with Gasteiger partial charge in [-0.2, -0.15) is 0 Å². The maximum Gasteiger partial charge on any atom is 0.338 e. The summed E-state index contributed by atoms with van der Waals surface area (Å²) in [6.45, 7) is 6.04. The zero-order valence-corrected chi connectivity index (χ0v) is 13.3. The van der Waals surface area contributed by atoms with Crippen molar-refractivity contribution in [3.05, 3.63) is 42.0 Å². The zero-order valence-electron chi connectivity index (χ0n) is 12.3. The zero-order chi connectivity index (χ0) is 15.0. The van der Waals surface area contributed by atoms with Crippen LogP contribution in [0.3, 0.4) is 0 Å². The molecule has 0 aliphatic carbocycles. The smallest absolute Gasteiger partial charge is 0.338 e. The van der Waals surface area contributed by atoms with Gasteiger partial charge in [-0.25, -0.2) is 4.79 Å². The highest BCUT2D eigenvalue weighted by molar-refractivity contribution is 6.65. The summed E-state index contributed by atoms with van der Waals surface area (Å²) in [7, 11) is 1.24. The molecule has 0 saturated carbocycles. The first-order chi connectivity index (χ1) is 9.56. The lowest BCUT2D eigenvalue weighted by molar-refractivity contribution is 0.0501. The summed E-state index contributed by atoms with van der Waals surface area (Å²) >= 11 is 0. The number of benzene rings is 1. The molecule has 1 aromatic carbocycles. The van der Waals surface area contributed by atoms with Gasteiger partial charge in [0.15, 0.2) is 0 Å². The van der Waals surface area contributed by atoms with Crippen molar-refractivity contribution in [1.82, 2.24) is 0 Å². The van der Waals surface area contributed by atoms with Gasteiger partial charge in [-0.15, -0.1) is 0 Å². The van der Waals surface area contributed by atoms with Crippen LogP contribution in [0.2, 0.25) is 12.6 Å². The highest BCUT2D eigenvalue weighted by atomic mass is 28.4. The number of ether oxygens (including phenoxy) is 1. The van der Waals surface area contributed by atoms with Gasteiger partial charge in [-0.3, -0.25) is 0 Å². The maximum atomic E-state index is 12.0. The highest BCUT2D eigenvalue weighted by Gasteiger charge is 2.27. The molecule has 0 atom stereocenters. The maximum absolute atomic E-state index is 12.0. The molecule has 0 aromatic heterocycles. The summed E-state index contributed by atoms with van der Waals surface area (Å²) in [6, 6.07) is 8.04. The third kappa shape index (κ3) is 4.59. The van der Waals surface area contributed by atoms with Gasteiger partial charge in [0.05, 0.1) is 12.2 Å². The van der Waals surface area contributed by atoms with Crippen LogP contribution in [0.5, 0.6) is 0 Å². The van der Waals surface area contributed by atoms with Gasteiger partial charge in [0.25, 0.3) is 0 Å². The minimum Gasteiger partial charge on any atom is -0.462 e. The van der Waals surface area contributed by atoms with E-state index in [4.69, 9.17) is 13.6 Å². The van der Waals surface area contributed by atoms with E-state index in [0.717, 1.165) is 18.0 Å². The topological polar surface area (TPSA) is 44.8 Å². The van der Waals surface area contributed by atoms with E-state index in [-0.39, 0.29) is 5.97 Å². The average molecular weight is 294 g/mol. The number of carbonyl (C=O) groups is 1. The van der Waals surface area contributed by atoms with Crippen molar-refractivity contribution in [3.63, 3.8) is 0 Å². The first-order valence-electron chi connectivity index (χ1n) is 6.55. The number of esters is 1. The van der Waals surface area contributed by atoms with Crippen molar-refractivity contribution in [2.75, 3.05) is 20.8 Å². The summed E-state index contributed by atoms with van der Waals surface area (Å²) in [5.41, 5.74) is 1.33. The highest BCUT2D eigenvalue weighted by Crippen LogP contribution is 2.15. The predicted octanol–water partition coefficient (Wildman–Crippen LogP) is 3.24. The van der Waals surface area contributed by atoms with Crippen molar-refractivity contribution >= 4 is 20.6 Å². The van der Waals surface area contributed by atoms with Crippen molar-refractivity contribution in [2.45, 2.75) is 19.0 Å². The Kier molecular flexibility index (Phi) is 6.64. The fraction of sp³-hybridized carbons (Fsp3) is 0.400. The van der Waals surface area contributed by atoms with Gasteiger partial charge in [-0.1, -0.05) is 30.9 Å². The minimum absolute atomic E-state index is 0.321. The Balaban J connectivity index is 2.46. The van der Waals surface area contributed by atoms with Crippen molar-refractivity contribution in [1.29, 1.82) is 0 Å². The third-order valence-electron chi connectivity index (χ3n) is 3.27. The molecule has 0 fully saturated rings. The lowest BCUT2D eigenvalue weighted by Gasteiger charge is -2.22. The van der Waals surface area contributed by atoms with E-state index in [1.54, 1.807) is 26.4 Å². The molecular formula is C15H22O4Si. The van der Waals surface area contributed by atoms with Gasteiger partial charge < -0.3 is 13.6 Å². The Bertz CT molecular complexity index is 455. The van der Waals surface area contributed by atoms with E-state index in [1.807, 2.05) is 24.7 Å². The van der Waals surface area contributed by atoms with Crippen LogP contribution in [0.4, 0.5) is 0 Å². The molecule has 4 nitrogen and oxygen atoms in total.